The van der Waals surface area contributed by atoms with Gasteiger partial charge in [0.2, 0.25) is 0 Å². The summed E-state index contributed by atoms with van der Waals surface area (Å²) in [5.74, 6) is -0.837. The number of carbonyl (C=O) groups excluding carboxylic acids is 2. The van der Waals surface area contributed by atoms with E-state index in [1.807, 2.05) is 12.1 Å². The molecule has 0 bridgehead atoms. The predicted molar refractivity (Wildman–Crippen MR) is 145 cm³/mol. The Morgan fingerprint density at radius 1 is 0.865 bits per heavy atom. The maximum Gasteiger partial charge on any atom is 0.257 e. The second-order valence-electron chi connectivity index (χ2n) is 8.16. The minimum absolute atomic E-state index is 0.113. The Bertz CT molecular complexity index is 1580. The molecular weight excluding hydrogens is 533 g/mol. The van der Waals surface area contributed by atoms with Gasteiger partial charge in [-0.1, -0.05) is 41.4 Å². The van der Waals surface area contributed by atoms with Gasteiger partial charge in [-0.2, -0.15) is 0 Å². The van der Waals surface area contributed by atoms with Crippen molar-refractivity contribution in [1.82, 2.24) is 10.3 Å². The van der Waals surface area contributed by atoms with E-state index in [4.69, 9.17) is 23.2 Å². The highest BCUT2D eigenvalue weighted by molar-refractivity contribution is 7.90. The molecule has 0 saturated heterocycles. The average Bonchev–Trinajstić information content (AvgIpc) is 2.88. The first-order chi connectivity index (χ1) is 17.6. The molecule has 1 heterocycles. The smallest absolute Gasteiger partial charge is 0.257 e. The Kier molecular flexibility index (Phi) is 7.92. The zero-order chi connectivity index (χ0) is 26.6. The van der Waals surface area contributed by atoms with Crippen molar-refractivity contribution in [1.29, 1.82) is 0 Å². The van der Waals surface area contributed by atoms with Gasteiger partial charge in [-0.05, 0) is 66.2 Å². The van der Waals surface area contributed by atoms with E-state index >= 15 is 0 Å². The summed E-state index contributed by atoms with van der Waals surface area (Å²) >= 11 is 12.6. The van der Waals surface area contributed by atoms with Crippen molar-refractivity contribution in [2.45, 2.75) is 11.4 Å². The van der Waals surface area contributed by atoms with Gasteiger partial charge in [-0.3, -0.25) is 14.6 Å². The van der Waals surface area contributed by atoms with Crippen LogP contribution in [0.2, 0.25) is 10.0 Å². The van der Waals surface area contributed by atoms with Crippen LogP contribution in [0.1, 0.15) is 26.3 Å². The third-order valence-corrected chi connectivity index (χ3v) is 7.22. The minimum atomic E-state index is -3.29. The zero-order valence-electron chi connectivity index (χ0n) is 19.5. The number of hydrogen-bond acceptors (Lipinski definition) is 5. The molecule has 7 nitrogen and oxygen atoms in total. The summed E-state index contributed by atoms with van der Waals surface area (Å²) in [5.41, 5.74) is 3.06. The first-order valence-corrected chi connectivity index (χ1v) is 13.7. The van der Waals surface area contributed by atoms with Gasteiger partial charge in [0.25, 0.3) is 11.8 Å². The second kappa shape index (κ2) is 11.1. The molecule has 1 aromatic heterocycles. The third-order valence-electron chi connectivity index (χ3n) is 5.45. The maximum atomic E-state index is 12.9. The molecule has 0 aliphatic carbocycles. The molecule has 0 saturated carbocycles. The number of halogens is 2. The Morgan fingerprint density at radius 3 is 2.27 bits per heavy atom. The largest absolute Gasteiger partial charge is 0.348 e. The van der Waals surface area contributed by atoms with E-state index in [2.05, 4.69) is 15.6 Å². The standard InChI is InChI=1S/C27H21Cl2N3O4S/c1-37(35,36)20-9-5-17(6-10-20)16-31-26(33)18-7-11-21(24(29)14-18)27(34)32-19-8-12-23(28)22(15-19)25-4-2-3-13-30-25/h2-15H,16H2,1H3,(H,31,33)(H,32,34). The maximum absolute atomic E-state index is 12.9. The number of hydrogen-bond donors (Lipinski definition) is 2. The quantitative estimate of drug-likeness (QED) is 0.308. The van der Waals surface area contributed by atoms with Crippen LogP contribution in [0.25, 0.3) is 11.3 Å². The number of rotatable bonds is 7. The topological polar surface area (TPSA) is 105 Å². The first-order valence-electron chi connectivity index (χ1n) is 11.0. The molecule has 10 heteroatoms. The number of carbonyl (C=O) groups is 2. The molecule has 0 unspecified atom stereocenters. The van der Waals surface area contributed by atoms with Crippen molar-refractivity contribution in [3.8, 4) is 11.3 Å². The molecular formula is C27H21Cl2N3O4S. The highest BCUT2D eigenvalue weighted by atomic mass is 35.5. The second-order valence-corrected chi connectivity index (χ2v) is 11.0. The summed E-state index contributed by atoms with van der Waals surface area (Å²) in [7, 11) is -3.29. The normalized spacial score (nSPS) is 11.1. The van der Waals surface area contributed by atoms with Crippen molar-refractivity contribution in [3.63, 3.8) is 0 Å². The number of aromatic nitrogens is 1. The van der Waals surface area contributed by atoms with Crippen LogP contribution in [0.3, 0.4) is 0 Å². The zero-order valence-corrected chi connectivity index (χ0v) is 21.9. The Balaban J connectivity index is 1.42. The van der Waals surface area contributed by atoms with Crippen LogP contribution in [0.5, 0.6) is 0 Å². The Labute approximate surface area is 224 Å². The first kappa shape index (κ1) is 26.3. The number of pyridine rings is 1. The van der Waals surface area contributed by atoms with Crippen molar-refractivity contribution in [2.75, 3.05) is 11.6 Å². The highest BCUT2D eigenvalue weighted by Crippen LogP contribution is 2.30. The summed E-state index contributed by atoms with van der Waals surface area (Å²) in [5, 5.41) is 6.15. The number of nitrogens with zero attached hydrogens (tertiary/aromatic N) is 1. The average molecular weight is 554 g/mol. The van der Waals surface area contributed by atoms with Gasteiger partial charge in [0, 0.05) is 35.8 Å². The number of sulfone groups is 1. The van der Waals surface area contributed by atoms with Crippen molar-refractivity contribution in [3.05, 3.63) is 112 Å². The molecule has 188 valence electrons. The van der Waals surface area contributed by atoms with Gasteiger partial charge in [-0.25, -0.2) is 8.42 Å². The van der Waals surface area contributed by atoms with Gasteiger partial charge >= 0.3 is 0 Å². The number of amides is 2. The van der Waals surface area contributed by atoms with Gasteiger partial charge < -0.3 is 10.6 Å². The van der Waals surface area contributed by atoms with Crippen LogP contribution < -0.4 is 10.6 Å². The summed E-state index contributed by atoms with van der Waals surface area (Å²) in [6.45, 7) is 0.192. The molecule has 0 atom stereocenters. The molecule has 3 aromatic carbocycles. The van der Waals surface area contributed by atoms with Crippen LogP contribution in [0.15, 0.2) is 90.0 Å². The molecule has 0 aliphatic heterocycles. The molecule has 0 aliphatic rings. The van der Waals surface area contributed by atoms with Crippen LogP contribution in [-0.2, 0) is 16.4 Å². The van der Waals surface area contributed by atoms with E-state index in [9.17, 15) is 18.0 Å². The van der Waals surface area contributed by atoms with Gasteiger partial charge in [0.1, 0.15) is 0 Å². The molecule has 2 N–H and O–H groups in total. The summed E-state index contributed by atoms with van der Waals surface area (Å²) < 4.78 is 23.1. The summed E-state index contributed by atoms with van der Waals surface area (Å²) in [6.07, 6.45) is 2.79. The fraction of sp³-hybridized carbons (Fsp3) is 0.0741. The van der Waals surface area contributed by atoms with Crippen LogP contribution in [-0.4, -0.2) is 31.5 Å². The molecule has 0 fully saturated rings. The third kappa shape index (κ3) is 6.54. The minimum Gasteiger partial charge on any atom is -0.348 e. The van der Waals surface area contributed by atoms with E-state index in [0.29, 0.717) is 22.0 Å². The SMILES string of the molecule is CS(=O)(=O)c1ccc(CNC(=O)c2ccc(C(=O)Nc3ccc(Cl)c(-c4ccccn4)c3)c(Cl)c2)cc1. The molecule has 0 spiro atoms. The van der Waals surface area contributed by atoms with Crippen molar-refractivity contribution >= 4 is 50.5 Å². The molecule has 4 aromatic rings. The molecule has 0 radical (unpaired) electrons. The summed E-state index contributed by atoms with van der Waals surface area (Å²) in [4.78, 5) is 30.0. The number of anilines is 1. The Morgan fingerprint density at radius 2 is 1.62 bits per heavy atom. The lowest BCUT2D eigenvalue weighted by atomic mass is 10.1. The lowest BCUT2D eigenvalue weighted by Gasteiger charge is -2.11. The van der Waals surface area contributed by atoms with E-state index in [-0.39, 0.29) is 27.6 Å². The number of benzene rings is 3. The van der Waals surface area contributed by atoms with E-state index < -0.39 is 21.7 Å². The van der Waals surface area contributed by atoms with Crippen LogP contribution in [0.4, 0.5) is 5.69 Å². The van der Waals surface area contributed by atoms with Gasteiger partial charge in [-0.15, -0.1) is 0 Å². The Hall–Kier alpha value is -3.72. The predicted octanol–water partition coefficient (Wildman–Crippen LogP) is 5.64. The molecule has 37 heavy (non-hydrogen) atoms. The van der Waals surface area contributed by atoms with Crippen LogP contribution in [0, 0.1) is 0 Å². The van der Waals surface area contributed by atoms with E-state index in [1.165, 1.54) is 30.3 Å². The fourth-order valence-electron chi connectivity index (χ4n) is 3.50. The summed E-state index contributed by atoms with van der Waals surface area (Å²) in [6, 6.07) is 21.2. The van der Waals surface area contributed by atoms with Crippen molar-refractivity contribution < 1.29 is 18.0 Å². The van der Waals surface area contributed by atoms with E-state index in [0.717, 1.165) is 11.8 Å². The fourth-order valence-corrected chi connectivity index (χ4v) is 4.61. The van der Waals surface area contributed by atoms with Gasteiger partial charge in [0.05, 0.1) is 26.2 Å². The van der Waals surface area contributed by atoms with Crippen LogP contribution >= 0.6 is 23.2 Å². The molecule has 2 amide bonds. The van der Waals surface area contributed by atoms with Gasteiger partial charge in [0.15, 0.2) is 9.84 Å². The van der Waals surface area contributed by atoms with Crippen molar-refractivity contribution in [2.24, 2.45) is 0 Å². The lowest BCUT2D eigenvalue weighted by Crippen LogP contribution is -2.23. The lowest BCUT2D eigenvalue weighted by molar-refractivity contribution is 0.0949. The number of nitrogens with one attached hydrogen (secondary N) is 2. The molecule has 4 rings (SSSR count). The van der Waals surface area contributed by atoms with E-state index in [1.54, 1.807) is 42.6 Å². The highest BCUT2D eigenvalue weighted by Gasteiger charge is 2.15. The monoisotopic (exact) mass is 553 g/mol.